The molecule has 0 spiro atoms. The highest BCUT2D eigenvalue weighted by Crippen LogP contribution is 2.27. The molecule has 0 radical (unpaired) electrons. The van der Waals surface area contributed by atoms with Crippen LogP contribution in [0.2, 0.25) is 0 Å². The van der Waals surface area contributed by atoms with Gasteiger partial charge in [-0.25, -0.2) is 9.97 Å². The van der Waals surface area contributed by atoms with Crippen LogP contribution in [0.3, 0.4) is 0 Å². The number of aromatic nitrogens is 5. The highest BCUT2D eigenvalue weighted by Gasteiger charge is 2.16. The van der Waals surface area contributed by atoms with E-state index >= 15 is 0 Å². The number of anilines is 1. The highest BCUT2D eigenvalue weighted by atomic mass is 32.2. The molecule has 0 unspecified atom stereocenters. The number of amides is 1. The van der Waals surface area contributed by atoms with E-state index in [1.165, 1.54) is 0 Å². The van der Waals surface area contributed by atoms with Gasteiger partial charge in [0.1, 0.15) is 11.7 Å². The smallest absolute Gasteiger partial charge is 0.324 e. The number of rotatable bonds is 6. The zero-order chi connectivity index (χ0) is 19.7. The predicted octanol–water partition coefficient (Wildman–Crippen LogP) is 3.09. The minimum Gasteiger partial charge on any atom is -0.324 e. The monoisotopic (exact) mass is 415 g/mol. The zero-order valence-corrected chi connectivity index (χ0v) is 16.2. The number of para-hydroxylation sites is 1. The Bertz CT molecular complexity index is 1200. The van der Waals surface area contributed by atoms with Gasteiger partial charge in [-0.05, 0) is 24.3 Å². The number of carbonyl (C=O) groups excluding carboxylic acids is 1. The molecule has 0 aliphatic rings. The molecule has 142 valence electrons. The minimum absolute atomic E-state index is 0.0346. The number of benzene rings is 1. The molecule has 4 aromatic rings. The molecule has 1 N–H and O–H groups in total. The Balaban J connectivity index is 1.51. The number of carbonyl (C=O) groups is 1. The molecule has 1 amide bonds. The molecule has 0 saturated heterocycles. The van der Waals surface area contributed by atoms with Gasteiger partial charge in [0.25, 0.3) is 0 Å². The Morgan fingerprint density at radius 1 is 1.36 bits per heavy atom. The van der Waals surface area contributed by atoms with Gasteiger partial charge in [0, 0.05) is 11.9 Å². The molecule has 10 nitrogen and oxygen atoms in total. The number of nitrogens with zero attached hydrogens (tertiary/aromatic N) is 6. The number of aryl methyl sites for hydroxylation is 1. The Morgan fingerprint density at radius 3 is 2.93 bits per heavy atom. The molecule has 12 heteroatoms. The van der Waals surface area contributed by atoms with Gasteiger partial charge in [0.15, 0.2) is 10.8 Å². The average molecular weight is 415 g/mol. The van der Waals surface area contributed by atoms with Crippen LogP contribution in [0.1, 0.15) is 6.92 Å². The summed E-state index contributed by atoms with van der Waals surface area (Å²) in [5.74, 6) is -0.318. The van der Waals surface area contributed by atoms with E-state index in [4.69, 9.17) is 0 Å². The maximum Gasteiger partial charge on any atom is 0.345 e. The van der Waals surface area contributed by atoms with Crippen molar-refractivity contribution in [3.8, 4) is 0 Å². The summed E-state index contributed by atoms with van der Waals surface area (Å²) in [5, 5.41) is 23.0. The molecule has 0 bridgehead atoms. The summed E-state index contributed by atoms with van der Waals surface area (Å²) in [6.45, 7) is 2.76. The van der Waals surface area contributed by atoms with E-state index in [0.29, 0.717) is 5.16 Å². The molecule has 0 atom stereocenters. The maximum absolute atomic E-state index is 12.1. The van der Waals surface area contributed by atoms with Crippen LogP contribution >= 0.6 is 23.1 Å². The Hall–Kier alpha value is -3.12. The van der Waals surface area contributed by atoms with E-state index < -0.39 is 4.92 Å². The maximum atomic E-state index is 12.1. The highest BCUT2D eigenvalue weighted by molar-refractivity contribution is 7.99. The summed E-state index contributed by atoms with van der Waals surface area (Å²) in [5.41, 5.74) is 2.48. The Labute approximate surface area is 166 Å². The molecular weight excluding hydrogens is 402 g/mol. The third-order valence-corrected chi connectivity index (χ3v) is 5.63. The fourth-order valence-electron chi connectivity index (χ4n) is 2.76. The SMILES string of the molecule is CCn1c2ccccc2c2nnc(SCC(=O)Nc3ncc([N+](=O)[O-])s3)nc21. The fraction of sp³-hybridized carbons (Fsp3) is 0.188. The van der Waals surface area contributed by atoms with Gasteiger partial charge in [-0.15, -0.1) is 10.2 Å². The second-order valence-corrected chi connectivity index (χ2v) is 7.58. The standard InChI is InChI=1S/C16H13N7O3S2/c1-2-22-10-6-4-3-5-9(10)13-14(22)19-16(21-20-13)27-8-11(24)18-15-17-7-12(28-15)23(25)26/h3-7H,2,8H2,1H3,(H,17,18,24). The summed E-state index contributed by atoms with van der Waals surface area (Å²) in [6, 6.07) is 7.90. The van der Waals surface area contributed by atoms with Crippen LogP contribution in [0.25, 0.3) is 22.1 Å². The number of thiazole rings is 1. The first kappa shape index (κ1) is 18.3. The lowest BCUT2D eigenvalue weighted by molar-refractivity contribution is -0.380. The third kappa shape index (κ3) is 3.39. The summed E-state index contributed by atoms with van der Waals surface area (Å²) < 4.78 is 2.05. The van der Waals surface area contributed by atoms with Gasteiger partial charge in [-0.2, -0.15) is 0 Å². The summed E-state index contributed by atoms with van der Waals surface area (Å²) in [6.07, 6.45) is 1.11. The van der Waals surface area contributed by atoms with Crippen LogP contribution < -0.4 is 5.32 Å². The lowest BCUT2D eigenvalue weighted by atomic mass is 10.2. The van der Waals surface area contributed by atoms with Crippen molar-refractivity contribution in [2.45, 2.75) is 18.6 Å². The number of hydrogen-bond acceptors (Lipinski definition) is 9. The summed E-state index contributed by atoms with van der Waals surface area (Å²) in [7, 11) is 0. The van der Waals surface area contributed by atoms with Crippen LogP contribution in [0, 0.1) is 10.1 Å². The quantitative estimate of drug-likeness (QED) is 0.289. The predicted molar refractivity (Wildman–Crippen MR) is 107 cm³/mol. The van der Waals surface area contributed by atoms with Crippen molar-refractivity contribution >= 4 is 61.2 Å². The molecule has 0 aliphatic heterocycles. The molecular formula is C16H13N7O3S2. The van der Waals surface area contributed by atoms with Crippen molar-refractivity contribution in [1.29, 1.82) is 0 Å². The second kappa shape index (κ2) is 7.48. The van der Waals surface area contributed by atoms with Crippen LogP contribution in [0.4, 0.5) is 10.1 Å². The summed E-state index contributed by atoms with van der Waals surface area (Å²) in [4.78, 5) is 30.6. The first-order valence-electron chi connectivity index (χ1n) is 8.21. The molecule has 3 aromatic heterocycles. The Kier molecular flexibility index (Phi) is 4.88. The number of nitro groups is 1. The van der Waals surface area contributed by atoms with Crippen molar-refractivity contribution in [3.63, 3.8) is 0 Å². The van der Waals surface area contributed by atoms with Crippen LogP contribution in [-0.2, 0) is 11.3 Å². The van der Waals surface area contributed by atoms with Crippen molar-refractivity contribution in [1.82, 2.24) is 24.7 Å². The van der Waals surface area contributed by atoms with Crippen molar-refractivity contribution < 1.29 is 9.72 Å². The molecule has 28 heavy (non-hydrogen) atoms. The van der Waals surface area contributed by atoms with Crippen LogP contribution in [0.5, 0.6) is 0 Å². The van der Waals surface area contributed by atoms with E-state index in [1.54, 1.807) is 0 Å². The topological polar surface area (TPSA) is 129 Å². The number of thioether (sulfide) groups is 1. The van der Waals surface area contributed by atoms with E-state index in [2.05, 4.69) is 30.0 Å². The molecule has 1 aromatic carbocycles. The van der Waals surface area contributed by atoms with E-state index in [9.17, 15) is 14.9 Å². The number of fused-ring (bicyclic) bond motifs is 3. The van der Waals surface area contributed by atoms with E-state index in [1.807, 2.05) is 31.2 Å². The van der Waals surface area contributed by atoms with Gasteiger partial charge in [-0.3, -0.25) is 14.9 Å². The molecule has 0 saturated carbocycles. The second-order valence-electron chi connectivity index (χ2n) is 5.63. The lowest BCUT2D eigenvalue weighted by Crippen LogP contribution is -2.14. The van der Waals surface area contributed by atoms with E-state index in [0.717, 1.165) is 57.9 Å². The van der Waals surface area contributed by atoms with Crippen LogP contribution in [0.15, 0.2) is 35.6 Å². The van der Waals surface area contributed by atoms with Crippen molar-refractivity contribution in [3.05, 3.63) is 40.6 Å². The van der Waals surface area contributed by atoms with Crippen molar-refractivity contribution in [2.75, 3.05) is 11.1 Å². The van der Waals surface area contributed by atoms with Crippen molar-refractivity contribution in [2.24, 2.45) is 0 Å². The average Bonchev–Trinajstić information content (AvgIpc) is 3.28. The summed E-state index contributed by atoms with van der Waals surface area (Å²) >= 11 is 1.94. The number of hydrogen-bond donors (Lipinski definition) is 1. The Morgan fingerprint density at radius 2 is 2.18 bits per heavy atom. The van der Waals surface area contributed by atoms with Gasteiger partial charge < -0.3 is 9.88 Å². The van der Waals surface area contributed by atoms with Crippen LogP contribution in [-0.4, -0.2) is 41.3 Å². The first-order chi connectivity index (χ1) is 13.6. The number of nitrogens with one attached hydrogen (secondary N) is 1. The fourth-order valence-corrected chi connectivity index (χ4v) is 3.99. The van der Waals surface area contributed by atoms with Gasteiger partial charge in [-0.1, -0.05) is 30.0 Å². The van der Waals surface area contributed by atoms with Gasteiger partial charge in [0.2, 0.25) is 11.1 Å². The van der Waals surface area contributed by atoms with Gasteiger partial charge >= 0.3 is 5.00 Å². The largest absolute Gasteiger partial charge is 0.345 e. The molecule has 0 aliphatic carbocycles. The van der Waals surface area contributed by atoms with Gasteiger partial charge in [0.05, 0.1) is 16.2 Å². The molecule has 0 fully saturated rings. The third-order valence-electron chi connectivity index (χ3n) is 3.92. The first-order valence-corrected chi connectivity index (χ1v) is 10.0. The normalized spacial score (nSPS) is 11.2. The molecule has 3 heterocycles. The minimum atomic E-state index is -0.552. The zero-order valence-electron chi connectivity index (χ0n) is 14.5. The van der Waals surface area contributed by atoms with E-state index in [-0.39, 0.29) is 21.8 Å². The molecule has 4 rings (SSSR count). The lowest BCUT2D eigenvalue weighted by Gasteiger charge is -2.03.